The van der Waals surface area contributed by atoms with Crippen molar-refractivity contribution in [3.63, 3.8) is 0 Å². The molecule has 8 heteroatoms. The zero-order valence-electron chi connectivity index (χ0n) is 15.7. The number of para-hydroxylation sites is 2. The Hall–Kier alpha value is -2.32. The van der Waals surface area contributed by atoms with Crippen LogP contribution in [0.5, 0.6) is 5.75 Å². The van der Waals surface area contributed by atoms with E-state index >= 15 is 0 Å². The fraction of sp³-hybridized carbons (Fsp3) is 0.250. The number of nitrogens with zero attached hydrogens (tertiary/aromatic N) is 2. The maximum absolute atomic E-state index is 12.8. The largest absolute Gasteiger partial charge is 0.495 e. The highest BCUT2D eigenvalue weighted by atomic mass is 79.9. The fourth-order valence-corrected chi connectivity index (χ4v) is 4.07. The number of thioether (sulfide) groups is 1. The lowest BCUT2D eigenvalue weighted by atomic mass is 10.2. The number of anilines is 1. The Morgan fingerprint density at radius 2 is 2.07 bits per heavy atom. The topological polar surface area (TPSA) is 73.2 Å². The Labute approximate surface area is 175 Å². The first kappa shape index (κ1) is 20.4. The predicted octanol–water partition coefficient (Wildman–Crippen LogP) is 4.31. The summed E-state index contributed by atoms with van der Waals surface area (Å²) in [7, 11) is 1.56. The van der Waals surface area contributed by atoms with Crippen molar-refractivity contribution in [2.45, 2.75) is 30.8 Å². The molecule has 0 bridgehead atoms. The minimum absolute atomic E-state index is 0.117. The molecule has 1 amide bonds. The molecule has 3 rings (SSSR count). The Balaban J connectivity index is 1.88. The monoisotopic (exact) mass is 461 g/mol. The molecule has 1 heterocycles. The quantitative estimate of drug-likeness (QED) is 0.437. The molecule has 1 N–H and O–H groups in total. The van der Waals surface area contributed by atoms with Crippen molar-refractivity contribution in [1.29, 1.82) is 0 Å². The van der Waals surface area contributed by atoms with Crippen LogP contribution in [-0.2, 0) is 11.3 Å². The van der Waals surface area contributed by atoms with Crippen LogP contribution in [0.2, 0.25) is 0 Å². The van der Waals surface area contributed by atoms with Gasteiger partial charge in [0.15, 0.2) is 5.16 Å². The number of amides is 1. The van der Waals surface area contributed by atoms with Gasteiger partial charge >= 0.3 is 0 Å². The molecule has 0 aliphatic carbocycles. The van der Waals surface area contributed by atoms with Crippen LogP contribution >= 0.6 is 27.7 Å². The highest BCUT2D eigenvalue weighted by molar-refractivity contribution is 9.10. The molecule has 146 valence electrons. The molecule has 28 heavy (non-hydrogen) atoms. The number of benzene rings is 2. The van der Waals surface area contributed by atoms with Crippen molar-refractivity contribution in [3.8, 4) is 5.75 Å². The number of carbonyl (C=O) groups excluding carboxylic acids is 1. The lowest BCUT2D eigenvalue weighted by molar-refractivity contribution is -0.115. The summed E-state index contributed by atoms with van der Waals surface area (Å²) >= 11 is 4.65. The molecule has 0 aliphatic heterocycles. The highest BCUT2D eigenvalue weighted by Crippen LogP contribution is 2.27. The number of halogens is 1. The number of ether oxygens (including phenoxy) is 1. The molecule has 0 saturated carbocycles. The van der Waals surface area contributed by atoms with Crippen molar-refractivity contribution >= 4 is 50.2 Å². The summed E-state index contributed by atoms with van der Waals surface area (Å²) in [6.07, 6.45) is 0. The zero-order chi connectivity index (χ0) is 20.3. The highest BCUT2D eigenvalue weighted by Gasteiger charge is 2.20. The Kier molecular flexibility index (Phi) is 6.41. The van der Waals surface area contributed by atoms with E-state index in [0.29, 0.717) is 34.0 Å². The molecule has 0 radical (unpaired) electrons. The van der Waals surface area contributed by atoms with E-state index in [9.17, 15) is 9.59 Å². The SMILES string of the molecule is CCn1c(SC(C)C(=O)Nc2ccccc2OC)nc2ccc(Br)cc2c1=O. The summed E-state index contributed by atoms with van der Waals surface area (Å²) in [4.78, 5) is 30.1. The maximum atomic E-state index is 12.8. The molecule has 0 aliphatic rings. The van der Waals surface area contributed by atoms with Gasteiger partial charge in [-0.15, -0.1) is 0 Å². The van der Waals surface area contributed by atoms with Gasteiger partial charge in [-0.1, -0.05) is 39.8 Å². The molecule has 3 aromatic rings. The van der Waals surface area contributed by atoms with E-state index in [-0.39, 0.29) is 11.5 Å². The molecule has 2 aromatic carbocycles. The van der Waals surface area contributed by atoms with Gasteiger partial charge in [0.25, 0.3) is 5.56 Å². The third-order valence-corrected chi connectivity index (χ3v) is 5.80. The molecule has 0 saturated heterocycles. The molecule has 1 unspecified atom stereocenters. The second kappa shape index (κ2) is 8.79. The van der Waals surface area contributed by atoms with E-state index in [1.807, 2.05) is 25.1 Å². The number of rotatable bonds is 6. The summed E-state index contributed by atoms with van der Waals surface area (Å²) in [5, 5.41) is 3.48. The van der Waals surface area contributed by atoms with Gasteiger partial charge in [-0.3, -0.25) is 14.2 Å². The van der Waals surface area contributed by atoms with Crippen LogP contribution in [0.25, 0.3) is 10.9 Å². The minimum Gasteiger partial charge on any atom is -0.495 e. The standard InChI is InChI=1S/C20H20BrN3O3S/c1-4-24-19(26)14-11-13(21)9-10-15(14)23-20(24)28-12(2)18(25)22-16-7-5-6-8-17(16)27-3/h5-12H,4H2,1-3H3,(H,22,25). The molecule has 0 fully saturated rings. The van der Waals surface area contributed by atoms with Crippen LogP contribution in [0.15, 0.2) is 56.9 Å². The maximum Gasteiger partial charge on any atom is 0.262 e. The lowest BCUT2D eigenvalue weighted by Crippen LogP contribution is -2.26. The van der Waals surface area contributed by atoms with Crippen LogP contribution < -0.4 is 15.6 Å². The third kappa shape index (κ3) is 4.23. The lowest BCUT2D eigenvalue weighted by Gasteiger charge is -2.16. The predicted molar refractivity (Wildman–Crippen MR) is 116 cm³/mol. The molecule has 1 atom stereocenters. The number of methoxy groups -OCH3 is 1. The van der Waals surface area contributed by atoms with Gasteiger partial charge in [0, 0.05) is 11.0 Å². The van der Waals surface area contributed by atoms with E-state index in [1.165, 1.54) is 11.8 Å². The second-order valence-electron chi connectivity index (χ2n) is 6.05. The molecular formula is C20H20BrN3O3S. The van der Waals surface area contributed by atoms with Crippen molar-refractivity contribution in [3.05, 3.63) is 57.3 Å². The van der Waals surface area contributed by atoms with E-state index < -0.39 is 5.25 Å². The van der Waals surface area contributed by atoms with Gasteiger partial charge in [-0.25, -0.2) is 4.98 Å². The van der Waals surface area contributed by atoms with Gasteiger partial charge in [0.1, 0.15) is 5.75 Å². The van der Waals surface area contributed by atoms with Gasteiger partial charge in [-0.05, 0) is 44.2 Å². The van der Waals surface area contributed by atoms with Gasteiger partial charge in [-0.2, -0.15) is 0 Å². The van der Waals surface area contributed by atoms with Gasteiger partial charge in [0.05, 0.1) is 29.0 Å². The van der Waals surface area contributed by atoms with Crippen LogP contribution in [0.3, 0.4) is 0 Å². The van der Waals surface area contributed by atoms with E-state index in [0.717, 1.165) is 4.47 Å². The van der Waals surface area contributed by atoms with Crippen molar-refractivity contribution < 1.29 is 9.53 Å². The summed E-state index contributed by atoms with van der Waals surface area (Å²) in [5.74, 6) is 0.398. The summed E-state index contributed by atoms with van der Waals surface area (Å²) < 4.78 is 7.69. The second-order valence-corrected chi connectivity index (χ2v) is 8.28. The van der Waals surface area contributed by atoms with Crippen molar-refractivity contribution in [2.24, 2.45) is 0 Å². The minimum atomic E-state index is -0.456. The number of hydrogen-bond acceptors (Lipinski definition) is 5. The number of aromatic nitrogens is 2. The van der Waals surface area contributed by atoms with E-state index in [4.69, 9.17) is 4.74 Å². The fourth-order valence-electron chi connectivity index (χ4n) is 2.74. The summed E-state index contributed by atoms with van der Waals surface area (Å²) in [6, 6.07) is 12.6. The van der Waals surface area contributed by atoms with Gasteiger partial charge in [0.2, 0.25) is 5.91 Å². The Bertz CT molecular complexity index is 1080. The molecule has 6 nitrogen and oxygen atoms in total. The third-order valence-electron chi connectivity index (χ3n) is 4.21. The Morgan fingerprint density at radius 1 is 1.32 bits per heavy atom. The van der Waals surface area contributed by atoms with Crippen molar-refractivity contribution in [1.82, 2.24) is 9.55 Å². The number of fused-ring (bicyclic) bond motifs is 1. The average molecular weight is 462 g/mol. The average Bonchev–Trinajstić information content (AvgIpc) is 2.69. The Morgan fingerprint density at radius 3 is 2.79 bits per heavy atom. The van der Waals surface area contributed by atoms with Crippen LogP contribution in [0.4, 0.5) is 5.69 Å². The molecular weight excluding hydrogens is 442 g/mol. The smallest absolute Gasteiger partial charge is 0.262 e. The van der Waals surface area contributed by atoms with Crippen molar-refractivity contribution in [2.75, 3.05) is 12.4 Å². The van der Waals surface area contributed by atoms with Crippen LogP contribution in [0, 0.1) is 0 Å². The first-order valence-electron chi connectivity index (χ1n) is 8.75. The first-order valence-corrected chi connectivity index (χ1v) is 10.4. The van der Waals surface area contributed by atoms with E-state index in [1.54, 1.807) is 42.9 Å². The summed E-state index contributed by atoms with van der Waals surface area (Å²) in [6.45, 7) is 4.14. The summed E-state index contributed by atoms with van der Waals surface area (Å²) in [5.41, 5.74) is 1.10. The van der Waals surface area contributed by atoms with E-state index in [2.05, 4.69) is 26.2 Å². The molecule has 0 spiro atoms. The first-order chi connectivity index (χ1) is 13.4. The number of nitrogens with one attached hydrogen (secondary N) is 1. The molecule has 1 aromatic heterocycles. The van der Waals surface area contributed by atoms with Crippen LogP contribution in [0.1, 0.15) is 13.8 Å². The normalized spacial score (nSPS) is 12.0. The number of hydrogen-bond donors (Lipinski definition) is 1. The van der Waals surface area contributed by atoms with Crippen LogP contribution in [-0.4, -0.2) is 27.8 Å². The zero-order valence-corrected chi connectivity index (χ0v) is 18.1. The number of carbonyl (C=O) groups is 1. The van der Waals surface area contributed by atoms with Gasteiger partial charge < -0.3 is 10.1 Å².